The van der Waals surface area contributed by atoms with E-state index in [9.17, 15) is 4.79 Å². The smallest absolute Gasteiger partial charge is 0.261 e. The Bertz CT molecular complexity index is 756. The molecule has 0 saturated heterocycles. The summed E-state index contributed by atoms with van der Waals surface area (Å²) in [6, 6.07) is 5.78. The molecule has 1 amide bonds. The number of nitrogens with zero attached hydrogens (tertiary/aromatic N) is 3. The van der Waals surface area contributed by atoms with Crippen molar-refractivity contribution < 1.29 is 4.79 Å². The Hall–Kier alpha value is -2.47. The number of aryl methyl sites for hydroxylation is 2. The van der Waals surface area contributed by atoms with Crippen LogP contribution in [0, 0.1) is 13.8 Å². The van der Waals surface area contributed by atoms with E-state index < -0.39 is 0 Å². The van der Waals surface area contributed by atoms with Crippen molar-refractivity contribution in [3.05, 3.63) is 64.0 Å². The van der Waals surface area contributed by atoms with Gasteiger partial charge in [0, 0.05) is 30.0 Å². The zero-order valence-electron chi connectivity index (χ0n) is 12.4. The number of rotatable bonds is 4. The molecule has 0 unspecified atom stereocenters. The second kappa shape index (κ2) is 6.11. The van der Waals surface area contributed by atoms with Gasteiger partial charge in [-0.25, -0.2) is 9.97 Å². The maximum Gasteiger partial charge on any atom is 0.261 e. The molecule has 0 spiro atoms. The molecule has 3 aromatic rings. The molecule has 5 nitrogen and oxygen atoms in total. The Morgan fingerprint density at radius 2 is 2.23 bits per heavy atom. The van der Waals surface area contributed by atoms with Crippen LogP contribution in [0.1, 0.15) is 25.7 Å². The van der Waals surface area contributed by atoms with Crippen LogP contribution in [0.25, 0.3) is 5.82 Å². The fourth-order valence-electron chi connectivity index (χ4n) is 2.02. The van der Waals surface area contributed by atoms with Crippen molar-refractivity contribution in [3.63, 3.8) is 0 Å². The van der Waals surface area contributed by atoms with Crippen molar-refractivity contribution in [2.45, 2.75) is 20.4 Å². The lowest BCUT2D eigenvalue weighted by Crippen LogP contribution is -2.21. The van der Waals surface area contributed by atoms with Crippen LogP contribution in [0.4, 0.5) is 0 Å². The summed E-state index contributed by atoms with van der Waals surface area (Å²) in [5, 5.41) is 2.92. The van der Waals surface area contributed by atoms with Gasteiger partial charge in [0.2, 0.25) is 0 Å². The Morgan fingerprint density at radius 3 is 2.82 bits per heavy atom. The number of pyridine rings is 1. The molecule has 3 heterocycles. The monoisotopic (exact) mass is 312 g/mol. The molecule has 0 atom stereocenters. The second-order valence-corrected chi connectivity index (χ2v) is 6.28. The zero-order valence-corrected chi connectivity index (χ0v) is 13.2. The van der Waals surface area contributed by atoms with Gasteiger partial charge in [-0.2, -0.15) is 0 Å². The molecule has 0 aliphatic heterocycles. The molecule has 1 N–H and O–H groups in total. The van der Waals surface area contributed by atoms with Crippen molar-refractivity contribution in [2.24, 2.45) is 0 Å². The first-order valence-corrected chi connectivity index (χ1v) is 7.73. The van der Waals surface area contributed by atoms with E-state index in [4.69, 9.17) is 0 Å². The van der Waals surface area contributed by atoms with Gasteiger partial charge in [0.1, 0.15) is 12.1 Å². The highest BCUT2D eigenvalue weighted by Gasteiger charge is 2.10. The van der Waals surface area contributed by atoms with Gasteiger partial charge in [-0.3, -0.25) is 9.36 Å². The van der Waals surface area contributed by atoms with Gasteiger partial charge in [-0.15, -0.1) is 11.3 Å². The molecule has 0 aliphatic rings. The predicted molar refractivity (Wildman–Crippen MR) is 86.3 cm³/mol. The molecule has 22 heavy (non-hydrogen) atoms. The van der Waals surface area contributed by atoms with Gasteiger partial charge in [0.05, 0.1) is 4.88 Å². The van der Waals surface area contributed by atoms with Crippen molar-refractivity contribution in [1.82, 2.24) is 19.9 Å². The summed E-state index contributed by atoms with van der Waals surface area (Å²) in [6.45, 7) is 4.50. The fraction of sp³-hybridized carbons (Fsp3) is 0.188. The van der Waals surface area contributed by atoms with Crippen LogP contribution in [0.5, 0.6) is 0 Å². The third-order valence-electron chi connectivity index (χ3n) is 3.42. The van der Waals surface area contributed by atoms with Crippen molar-refractivity contribution in [1.29, 1.82) is 0 Å². The normalized spacial score (nSPS) is 10.6. The van der Waals surface area contributed by atoms with Crippen LogP contribution in [-0.2, 0) is 6.54 Å². The SMILES string of the molecule is Cc1cc(C(=O)NCc2ccc(-n3ccnc3)nc2)sc1C. The van der Waals surface area contributed by atoms with Gasteiger partial charge in [0.15, 0.2) is 0 Å². The van der Waals surface area contributed by atoms with Crippen molar-refractivity contribution >= 4 is 17.2 Å². The number of aromatic nitrogens is 3. The topological polar surface area (TPSA) is 59.8 Å². The highest BCUT2D eigenvalue weighted by Crippen LogP contribution is 2.20. The molecule has 3 aromatic heterocycles. The lowest BCUT2D eigenvalue weighted by Gasteiger charge is -2.05. The van der Waals surface area contributed by atoms with E-state index >= 15 is 0 Å². The first-order valence-electron chi connectivity index (χ1n) is 6.92. The predicted octanol–water partition coefficient (Wildman–Crippen LogP) is 2.88. The number of imidazole rings is 1. The van der Waals surface area contributed by atoms with Crippen LogP contribution in [-0.4, -0.2) is 20.4 Å². The van der Waals surface area contributed by atoms with Gasteiger partial charge >= 0.3 is 0 Å². The molecule has 0 saturated carbocycles. The number of hydrogen-bond acceptors (Lipinski definition) is 4. The standard InChI is InChI=1S/C16H16N4OS/c1-11-7-14(22-12(11)2)16(21)19-9-13-3-4-15(18-8-13)20-6-5-17-10-20/h3-8,10H,9H2,1-2H3,(H,19,21). The molecule has 0 fully saturated rings. The quantitative estimate of drug-likeness (QED) is 0.806. The summed E-state index contributed by atoms with van der Waals surface area (Å²) in [7, 11) is 0. The largest absolute Gasteiger partial charge is 0.347 e. The zero-order chi connectivity index (χ0) is 15.5. The van der Waals surface area contributed by atoms with Crippen LogP contribution in [0.3, 0.4) is 0 Å². The Morgan fingerprint density at radius 1 is 1.36 bits per heavy atom. The minimum atomic E-state index is -0.0418. The molecule has 6 heteroatoms. The van der Waals surface area contributed by atoms with E-state index in [1.807, 2.05) is 42.8 Å². The molecular weight excluding hydrogens is 296 g/mol. The van der Waals surface area contributed by atoms with Crippen molar-refractivity contribution in [3.8, 4) is 5.82 Å². The van der Waals surface area contributed by atoms with E-state index in [0.717, 1.165) is 21.8 Å². The van der Waals surface area contributed by atoms with Crippen molar-refractivity contribution in [2.75, 3.05) is 0 Å². The average molecular weight is 312 g/mol. The second-order valence-electron chi connectivity index (χ2n) is 5.03. The summed E-state index contributed by atoms with van der Waals surface area (Å²) >= 11 is 1.52. The number of hydrogen-bond donors (Lipinski definition) is 1. The van der Waals surface area contributed by atoms with Crippen LogP contribution in [0.15, 0.2) is 43.1 Å². The number of nitrogens with one attached hydrogen (secondary N) is 1. The first-order chi connectivity index (χ1) is 10.6. The number of thiophene rings is 1. The van der Waals surface area contributed by atoms with E-state index in [0.29, 0.717) is 6.54 Å². The Kier molecular flexibility index (Phi) is 4.02. The van der Waals surface area contributed by atoms with Gasteiger partial charge < -0.3 is 5.32 Å². The van der Waals surface area contributed by atoms with Crippen LogP contribution < -0.4 is 5.32 Å². The van der Waals surface area contributed by atoms with Gasteiger partial charge in [0.25, 0.3) is 5.91 Å². The summed E-state index contributed by atoms with van der Waals surface area (Å²) in [6.07, 6.45) is 7.01. The molecule has 3 rings (SSSR count). The first kappa shape index (κ1) is 14.5. The van der Waals surface area contributed by atoms with Gasteiger partial charge in [-0.1, -0.05) is 6.07 Å². The molecule has 0 radical (unpaired) electrons. The summed E-state index contributed by atoms with van der Waals surface area (Å²) < 4.78 is 1.83. The fourth-order valence-corrected chi connectivity index (χ4v) is 2.97. The van der Waals surface area contributed by atoms with Crippen LogP contribution in [0.2, 0.25) is 0 Å². The van der Waals surface area contributed by atoms with Crippen LogP contribution >= 0.6 is 11.3 Å². The molecule has 0 aliphatic carbocycles. The highest BCUT2D eigenvalue weighted by molar-refractivity contribution is 7.14. The number of amides is 1. The Labute approximate surface area is 132 Å². The van der Waals surface area contributed by atoms with E-state index in [2.05, 4.69) is 15.3 Å². The number of carbonyl (C=O) groups is 1. The third-order valence-corrected chi connectivity index (χ3v) is 4.57. The van der Waals surface area contributed by atoms with E-state index in [1.165, 1.54) is 16.2 Å². The molecule has 112 valence electrons. The third kappa shape index (κ3) is 3.07. The van der Waals surface area contributed by atoms with E-state index in [1.54, 1.807) is 18.7 Å². The molecule has 0 aromatic carbocycles. The highest BCUT2D eigenvalue weighted by atomic mass is 32.1. The molecular formula is C16H16N4OS. The summed E-state index contributed by atoms with van der Waals surface area (Å²) in [5.41, 5.74) is 2.11. The lowest BCUT2D eigenvalue weighted by atomic mass is 10.2. The van der Waals surface area contributed by atoms with E-state index in [-0.39, 0.29) is 5.91 Å². The minimum Gasteiger partial charge on any atom is -0.347 e. The summed E-state index contributed by atoms with van der Waals surface area (Å²) in [5.74, 6) is 0.761. The maximum absolute atomic E-state index is 12.1. The maximum atomic E-state index is 12.1. The lowest BCUT2D eigenvalue weighted by molar-refractivity contribution is 0.0955. The minimum absolute atomic E-state index is 0.0418. The number of carbonyl (C=O) groups excluding carboxylic acids is 1. The molecule has 0 bridgehead atoms. The average Bonchev–Trinajstić information content (AvgIpc) is 3.16. The Balaban J connectivity index is 1.63. The van der Waals surface area contributed by atoms with Gasteiger partial charge in [-0.05, 0) is 37.1 Å². The summed E-state index contributed by atoms with van der Waals surface area (Å²) in [4.78, 5) is 22.4.